The van der Waals surface area contributed by atoms with Crippen LogP contribution in [0, 0.1) is 6.92 Å². The van der Waals surface area contributed by atoms with Crippen LogP contribution >= 0.6 is 9.24 Å². The zero-order valence-electron chi connectivity index (χ0n) is 20.3. The first kappa shape index (κ1) is 28.1. The molecular formula is C29H43P. The summed E-state index contributed by atoms with van der Waals surface area (Å²) in [5.41, 5.74) is 8.24. The van der Waals surface area contributed by atoms with Gasteiger partial charge < -0.3 is 0 Å². The quantitative estimate of drug-likeness (QED) is 0.349. The van der Waals surface area contributed by atoms with Crippen molar-refractivity contribution in [2.75, 3.05) is 6.16 Å². The second kappa shape index (κ2) is 17.9. The molecule has 0 radical (unpaired) electrons. The number of rotatable bonds is 6. The van der Waals surface area contributed by atoms with Gasteiger partial charge in [0.05, 0.1) is 0 Å². The molecule has 1 unspecified atom stereocenters. The third-order valence-corrected chi connectivity index (χ3v) is 4.70. The van der Waals surface area contributed by atoms with Crippen LogP contribution < -0.4 is 0 Å². The van der Waals surface area contributed by atoms with Gasteiger partial charge in [0.15, 0.2) is 0 Å². The molecule has 30 heavy (non-hydrogen) atoms. The highest BCUT2D eigenvalue weighted by Crippen LogP contribution is 2.15. The highest BCUT2D eigenvalue weighted by molar-refractivity contribution is 7.16. The molecule has 0 bridgehead atoms. The van der Waals surface area contributed by atoms with Crippen LogP contribution in [0.1, 0.15) is 74.9 Å². The Balaban J connectivity index is 0.00000129. The maximum Gasteiger partial charge on any atom is -0.00258 e. The molecule has 0 aromatic heterocycles. The number of aryl methyl sites for hydroxylation is 2. The molecule has 1 heteroatoms. The number of hydrogen-bond acceptors (Lipinski definition) is 0. The molecule has 0 saturated heterocycles. The van der Waals surface area contributed by atoms with Gasteiger partial charge in [-0.1, -0.05) is 120 Å². The molecule has 0 N–H and O–H groups in total. The molecule has 3 rings (SSSR count). The van der Waals surface area contributed by atoms with Gasteiger partial charge in [-0.15, -0.1) is 9.24 Å². The summed E-state index contributed by atoms with van der Waals surface area (Å²) in [4.78, 5) is 0. The van der Waals surface area contributed by atoms with Crippen LogP contribution in [0.3, 0.4) is 0 Å². The van der Waals surface area contributed by atoms with Crippen LogP contribution in [0.2, 0.25) is 0 Å². The van der Waals surface area contributed by atoms with Crippen molar-refractivity contribution in [3.63, 3.8) is 0 Å². The van der Waals surface area contributed by atoms with Gasteiger partial charge >= 0.3 is 0 Å². The van der Waals surface area contributed by atoms with Gasteiger partial charge in [0.25, 0.3) is 0 Å². The molecule has 0 heterocycles. The van der Waals surface area contributed by atoms with Crippen molar-refractivity contribution in [1.82, 2.24) is 0 Å². The van der Waals surface area contributed by atoms with E-state index in [0.717, 1.165) is 25.4 Å². The van der Waals surface area contributed by atoms with Gasteiger partial charge in [-0.3, -0.25) is 0 Å². The van der Waals surface area contributed by atoms with Crippen molar-refractivity contribution in [3.8, 4) is 0 Å². The molecule has 3 aromatic carbocycles. The minimum absolute atomic E-state index is 1.00. The van der Waals surface area contributed by atoms with E-state index in [4.69, 9.17) is 0 Å². The molecule has 0 amide bonds. The normalized spacial score (nSPS) is 9.20. The third-order valence-electron chi connectivity index (χ3n) is 4.42. The Hall–Kier alpha value is -1.91. The summed E-state index contributed by atoms with van der Waals surface area (Å²) in [5.74, 6) is 0. The fraction of sp³-hybridized carbons (Fsp3) is 0.379. The standard InChI is InChI=1S/C23H25P.3C2H6/c1-18-2-4-20(5-3-18)16-22-10-12-23(13-11-22)17-21-8-6-19(7-9-21)14-15-24;3*1-2/h2-13H,14-17,24H2,1H3;3*1-2H3. The molecule has 0 aliphatic carbocycles. The van der Waals surface area contributed by atoms with E-state index in [0.29, 0.717) is 0 Å². The predicted molar refractivity (Wildman–Crippen MR) is 142 cm³/mol. The average Bonchev–Trinajstić information content (AvgIpc) is 2.82. The first-order chi connectivity index (χ1) is 14.7. The number of hydrogen-bond donors (Lipinski definition) is 0. The summed E-state index contributed by atoms with van der Waals surface area (Å²) in [6.07, 6.45) is 4.27. The topological polar surface area (TPSA) is 0 Å². The van der Waals surface area contributed by atoms with Crippen molar-refractivity contribution in [2.45, 2.75) is 67.7 Å². The fourth-order valence-corrected chi connectivity index (χ4v) is 3.28. The van der Waals surface area contributed by atoms with Crippen LogP contribution in [0.25, 0.3) is 0 Å². The number of benzene rings is 3. The monoisotopic (exact) mass is 422 g/mol. The van der Waals surface area contributed by atoms with Gasteiger partial charge in [-0.25, -0.2) is 0 Å². The molecule has 1 atom stereocenters. The Bertz CT molecular complexity index is 753. The molecule has 0 aliphatic rings. The van der Waals surface area contributed by atoms with Crippen LogP contribution in [0.4, 0.5) is 0 Å². The van der Waals surface area contributed by atoms with E-state index >= 15 is 0 Å². The van der Waals surface area contributed by atoms with Crippen molar-refractivity contribution < 1.29 is 0 Å². The van der Waals surface area contributed by atoms with Gasteiger partial charge in [0.2, 0.25) is 0 Å². The van der Waals surface area contributed by atoms with Crippen molar-refractivity contribution in [1.29, 1.82) is 0 Å². The Kier molecular flexibility index (Phi) is 16.8. The van der Waals surface area contributed by atoms with Crippen LogP contribution in [-0.2, 0) is 19.3 Å². The van der Waals surface area contributed by atoms with Crippen molar-refractivity contribution >= 4 is 9.24 Å². The molecule has 0 nitrogen and oxygen atoms in total. The lowest BCUT2D eigenvalue weighted by Gasteiger charge is -2.06. The van der Waals surface area contributed by atoms with Crippen molar-refractivity contribution in [3.05, 3.63) is 106 Å². The van der Waals surface area contributed by atoms with Gasteiger partial charge in [-0.2, -0.15) is 0 Å². The summed E-state index contributed by atoms with van der Waals surface area (Å²) >= 11 is 0. The molecule has 164 valence electrons. The smallest absolute Gasteiger partial charge is 0.00258 e. The van der Waals surface area contributed by atoms with Gasteiger partial charge in [-0.05, 0) is 60.2 Å². The lowest BCUT2D eigenvalue weighted by Crippen LogP contribution is -1.92. The Morgan fingerprint density at radius 1 is 0.467 bits per heavy atom. The van der Waals surface area contributed by atoms with Gasteiger partial charge in [0.1, 0.15) is 0 Å². The van der Waals surface area contributed by atoms with E-state index in [9.17, 15) is 0 Å². The molecule has 0 saturated carbocycles. The van der Waals surface area contributed by atoms with E-state index in [2.05, 4.69) is 89.0 Å². The highest BCUT2D eigenvalue weighted by atomic mass is 31.0. The van der Waals surface area contributed by atoms with E-state index in [-0.39, 0.29) is 0 Å². The first-order valence-corrected chi connectivity index (χ1v) is 12.5. The van der Waals surface area contributed by atoms with E-state index < -0.39 is 0 Å². The summed E-state index contributed by atoms with van der Waals surface area (Å²) in [5, 5.41) is 0. The lowest BCUT2D eigenvalue weighted by atomic mass is 9.99. The van der Waals surface area contributed by atoms with Crippen LogP contribution in [0.15, 0.2) is 72.8 Å². The summed E-state index contributed by atoms with van der Waals surface area (Å²) in [6, 6.07) is 26.9. The van der Waals surface area contributed by atoms with E-state index in [1.165, 1.54) is 33.4 Å². The maximum absolute atomic E-state index is 2.79. The largest absolute Gasteiger partial charge is 0.137 e. The second-order valence-electron chi connectivity index (χ2n) is 6.51. The SMILES string of the molecule is CC.CC.CC.Cc1ccc(Cc2ccc(Cc3ccc(CCP)cc3)cc2)cc1. The lowest BCUT2D eigenvalue weighted by molar-refractivity contribution is 1.12. The Morgan fingerprint density at radius 3 is 1.03 bits per heavy atom. The molecule has 0 spiro atoms. The van der Waals surface area contributed by atoms with Gasteiger partial charge in [0, 0.05) is 0 Å². The molecule has 3 aromatic rings. The average molecular weight is 423 g/mol. The predicted octanol–water partition coefficient (Wildman–Crippen LogP) is 8.67. The molecular weight excluding hydrogens is 379 g/mol. The van der Waals surface area contributed by atoms with Crippen LogP contribution in [0.5, 0.6) is 0 Å². The van der Waals surface area contributed by atoms with E-state index in [1.807, 2.05) is 41.5 Å². The minimum atomic E-state index is 1.00. The minimum Gasteiger partial charge on any atom is -0.137 e. The second-order valence-corrected chi connectivity index (χ2v) is 7.09. The highest BCUT2D eigenvalue weighted by Gasteiger charge is 2.00. The zero-order chi connectivity index (χ0) is 22.8. The molecule has 0 aliphatic heterocycles. The van der Waals surface area contributed by atoms with E-state index in [1.54, 1.807) is 0 Å². The molecule has 0 fully saturated rings. The third kappa shape index (κ3) is 10.7. The first-order valence-electron chi connectivity index (χ1n) is 11.6. The van der Waals surface area contributed by atoms with Crippen molar-refractivity contribution in [2.24, 2.45) is 0 Å². The fourth-order valence-electron chi connectivity index (χ4n) is 2.94. The summed E-state index contributed by atoms with van der Waals surface area (Å²) in [7, 11) is 2.79. The summed E-state index contributed by atoms with van der Waals surface area (Å²) < 4.78 is 0. The maximum atomic E-state index is 2.79. The Labute approximate surface area is 189 Å². The Morgan fingerprint density at radius 2 is 0.733 bits per heavy atom. The summed E-state index contributed by atoms with van der Waals surface area (Å²) in [6.45, 7) is 14.1. The van der Waals surface area contributed by atoms with Crippen LogP contribution in [-0.4, -0.2) is 6.16 Å². The zero-order valence-corrected chi connectivity index (χ0v) is 21.5.